The van der Waals surface area contributed by atoms with E-state index in [1.54, 1.807) is 12.2 Å². The predicted octanol–water partition coefficient (Wildman–Crippen LogP) is 2.63. The Bertz CT molecular complexity index is 740. The fraction of sp³-hybridized carbons (Fsp3) is 0.429. The number of sulfonamides is 1. The van der Waals surface area contributed by atoms with Gasteiger partial charge in [0.25, 0.3) is 0 Å². The highest BCUT2D eigenvalue weighted by Crippen LogP contribution is 2.32. The van der Waals surface area contributed by atoms with Gasteiger partial charge < -0.3 is 10.4 Å². The maximum Gasteiger partial charge on any atom is 0.418 e. The van der Waals surface area contributed by atoms with Crippen molar-refractivity contribution in [2.24, 2.45) is 0 Å². The van der Waals surface area contributed by atoms with Crippen molar-refractivity contribution in [1.29, 1.82) is 0 Å². The van der Waals surface area contributed by atoms with E-state index in [0.29, 0.717) is 6.92 Å². The van der Waals surface area contributed by atoms with Gasteiger partial charge in [-0.1, -0.05) is 23.8 Å². The summed E-state index contributed by atoms with van der Waals surface area (Å²) >= 11 is 5.96. The van der Waals surface area contributed by atoms with Crippen LogP contribution in [0.1, 0.15) is 6.92 Å². The van der Waals surface area contributed by atoms with Crippen LogP contribution in [0.2, 0.25) is 5.02 Å². The van der Waals surface area contributed by atoms with Crippen molar-refractivity contribution in [2.75, 3.05) is 25.0 Å². The molecule has 134 valence electrons. The molecule has 1 unspecified atom stereocenters. The normalized spacial score (nSPS) is 18.6. The Labute approximate surface area is 142 Å². The van der Waals surface area contributed by atoms with E-state index in [0.717, 1.165) is 0 Å². The van der Waals surface area contributed by atoms with Gasteiger partial charge in [-0.2, -0.15) is 17.5 Å². The Morgan fingerprint density at radius 3 is 2.38 bits per heavy atom. The minimum Gasteiger partial charge on any atom is -0.381 e. The second kappa shape index (κ2) is 6.55. The zero-order valence-electron chi connectivity index (χ0n) is 12.6. The molecule has 0 aliphatic carbocycles. The molecule has 24 heavy (non-hydrogen) atoms. The van der Waals surface area contributed by atoms with Crippen LogP contribution in [0.3, 0.4) is 0 Å². The molecule has 1 aliphatic rings. The van der Waals surface area contributed by atoms with Crippen molar-refractivity contribution in [3.05, 3.63) is 35.4 Å². The van der Waals surface area contributed by atoms with Gasteiger partial charge in [-0.05, 0) is 25.1 Å². The second-order valence-electron chi connectivity index (χ2n) is 5.56. The lowest BCUT2D eigenvalue weighted by molar-refractivity contribution is -0.246. The standard InChI is InChI=1S/C14H16ClF3N2O3S/c1-13(21,14(16,17)18)9-19-12-5-4-10(8-11(12)15)24(22,23)20-6-2-3-7-20/h2-5,8,19,21H,6-7,9H2,1H3. The summed E-state index contributed by atoms with van der Waals surface area (Å²) in [4.78, 5) is -0.0515. The van der Waals surface area contributed by atoms with Gasteiger partial charge in [0, 0.05) is 13.1 Å². The number of nitrogens with one attached hydrogen (secondary N) is 1. The summed E-state index contributed by atoms with van der Waals surface area (Å²) in [5.41, 5.74) is -2.85. The van der Waals surface area contributed by atoms with E-state index in [1.807, 2.05) is 0 Å². The van der Waals surface area contributed by atoms with E-state index in [9.17, 15) is 26.7 Å². The highest BCUT2D eigenvalue weighted by molar-refractivity contribution is 7.89. The average Bonchev–Trinajstić information content (AvgIpc) is 2.99. The molecule has 0 saturated carbocycles. The van der Waals surface area contributed by atoms with Crippen LogP contribution < -0.4 is 5.32 Å². The Hall–Kier alpha value is -1.29. The number of rotatable bonds is 5. The summed E-state index contributed by atoms with van der Waals surface area (Å²) in [5, 5.41) is 11.7. The molecular weight excluding hydrogens is 369 g/mol. The van der Waals surface area contributed by atoms with Crippen LogP contribution in [0.15, 0.2) is 35.2 Å². The van der Waals surface area contributed by atoms with Gasteiger partial charge in [-0.15, -0.1) is 0 Å². The summed E-state index contributed by atoms with van der Waals surface area (Å²) in [5.74, 6) is 0. The maximum atomic E-state index is 12.6. The topological polar surface area (TPSA) is 69.6 Å². The third kappa shape index (κ3) is 3.85. The molecule has 2 N–H and O–H groups in total. The molecule has 1 heterocycles. The van der Waals surface area contributed by atoms with E-state index < -0.39 is 28.3 Å². The quantitative estimate of drug-likeness (QED) is 0.766. The smallest absolute Gasteiger partial charge is 0.381 e. The molecule has 0 amide bonds. The molecule has 1 atom stereocenters. The van der Waals surface area contributed by atoms with Gasteiger partial charge in [-0.3, -0.25) is 0 Å². The van der Waals surface area contributed by atoms with Crippen LogP contribution >= 0.6 is 11.6 Å². The van der Waals surface area contributed by atoms with Crippen LogP contribution in [-0.4, -0.2) is 49.2 Å². The summed E-state index contributed by atoms with van der Waals surface area (Å²) in [6, 6.07) is 3.69. The Balaban J connectivity index is 2.16. The van der Waals surface area contributed by atoms with E-state index in [1.165, 1.54) is 22.5 Å². The molecule has 0 saturated heterocycles. The molecule has 1 aromatic rings. The van der Waals surface area contributed by atoms with Crippen molar-refractivity contribution in [1.82, 2.24) is 4.31 Å². The van der Waals surface area contributed by atoms with Gasteiger partial charge in [0.15, 0.2) is 5.60 Å². The lowest BCUT2D eigenvalue weighted by Gasteiger charge is -2.27. The number of nitrogens with zero attached hydrogens (tertiary/aromatic N) is 1. The van der Waals surface area contributed by atoms with Crippen molar-refractivity contribution < 1.29 is 26.7 Å². The minimum atomic E-state index is -4.81. The summed E-state index contributed by atoms with van der Waals surface area (Å²) < 4.78 is 63.8. The molecule has 0 bridgehead atoms. The van der Waals surface area contributed by atoms with Gasteiger partial charge >= 0.3 is 6.18 Å². The zero-order chi connectivity index (χ0) is 18.2. The molecule has 0 radical (unpaired) electrons. The van der Waals surface area contributed by atoms with Crippen LogP contribution in [0.25, 0.3) is 0 Å². The summed E-state index contributed by atoms with van der Waals surface area (Å²) in [6.45, 7) is 0.328. The summed E-state index contributed by atoms with van der Waals surface area (Å²) in [7, 11) is -3.72. The molecule has 1 aromatic carbocycles. The fourth-order valence-corrected chi connectivity index (χ4v) is 3.65. The third-order valence-electron chi connectivity index (χ3n) is 3.60. The molecule has 0 spiro atoms. The van der Waals surface area contributed by atoms with Crippen molar-refractivity contribution in [3.8, 4) is 0 Å². The molecular formula is C14H16ClF3N2O3S. The first-order valence-electron chi connectivity index (χ1n) is 6.93. The predicted molar refractivity (Wildman–Crippen MR) is 84.5 cm³/mol. The minimum absolute atomic E-state index is 0.0515. The SMILES string of the molecule is CC(O)(CNc1ccc(S(=O)(=O)N2CC=CC2)cc1Cl)C(F)(F)F. The number of hydrogen-bond acceptors (Lipinski definition) is 4. The van der Waals surface area contributed by atoms with E-state index in [4.69, 9.17) is 11.6 Å². The molecule has 0 aromatic heterocycles. The molecule has 1 aliphatic heterocycles. The molecule has 2 rings (SSSR count). The van der Waals surface area contributed by atoms with Crippen molar-refractivity contribution >= 4 is 27.3 Å². The van der Waals surface area contributed by atoms with Crippen LogP contribution in [-0.2, 0) is 10.0 Å². The monoisotopic (exact) mass is 384 g/mol. The lowest BCUT2D eigenvalue weighted by atomic mass is 10.1. The Morgan fingerprint density at radius 2 is 1.88 bits per heavy atom. The highest BCUT2D eigenvalue weighted by atomic mass is 35.5. The van der Waals surface area contributed by atoms with E-state index in [-0.39, 0.29) is 28.7 Å². The second-order valence-corrected chi connectivity index (χ2v) is 7.91. The number of benzene rings is 1. The van der Waals surface area contributed by atoms with E-state index >= 15 is 0 Å². The fourth-order valence-electron chi connectivity index (χ4n) is 1.97. The first-order valence-corrected chi connectivity index (χ1v) is 8.75. The van der Waals surface area contributed by atoms with Crippen LogP contribution in [0.5, 0.6) is 0 Å². The number of alkyl halides is 3. The largest absolute Gasteiger partial charge is 0.418 e. The van der Waals surface area contributed by atoms with Gasteiger partial charge in [-0.25, -0.2) is 8.42 Å². The molecule has 10 heteroatoms. The Kier molecular flexibility index (Phi) is 5.19. The number of anilines is 1. The number of halogens is 4. The molecule has 0 fully saturated rings. The van der Waals surface area contributed by atoms with Gasteiger partial charge in [0.05, 0.1) is 22.2 Å². The van der Waals surface area contributed by atoms with Gasteiger partial charge in [0.1, 0.15) is 0 Å². The third-order valence-corrected chi connectivity index (χ3v) is 5.74. The first-order chi connectivity index (χ1) is 10.9. The van der Waals surface area contributed by atoms with Crippen LogP contribution in [0, 0.1) is 0 Å². The zero-order valence-corrected chi connectivity index (χ0v) is 14.2. The van der Waals surface area contributed by atoms with Crippen LogP contribution in [0.4, 0.5) is 18.9 Å². The summed E-state index contributed by atoms with van der Waals surface area (Å²) in [6.07, 6.45) is -1.37. The lowest BCUT2D eigenvalue weighted by Crippen LogP contribution is -2.47. The van der Waals surface area contributed by atoms with E-state index in [2.05, 4.69) is 5.32 Å². The maximum absolute atomic E-state index is 12.6. The van der Waals surface area contributed by atoms with Crippen molar-refractivity contribution in [2.45, 2.75) is 23.6 Å². The molecule has 5 nitrogen and oxygen atoms in total. The number of hydrogen-bond donors (Lipinski definition) is 2. The van der Waals surface area contributed by atoms with Gasteiger partial charge in [0.2, 0.25) is 10.0 Å². The Morgan fingerprint density at radius 1 is 1.29 bits per heavy atom. The first kappa shape index (κ1) is 19.0. The highest BCUT2D eigenvalue weighted by Gasteiger charge is 2.49. The number of aliphatic hydroxyl groups is 1. The average molecular weight is 385 g/mol. The van der Waals surface area contributed by atoms with Crippen molar-refractivity contribution in [3.63, 3.8) is 0 Å².